The number of benzene rings is 1. The highest BCUT2D eigenvalue weighted by molar-refractivity contribution is 7.22. The van der Waals surface area contributed by atoms with Gasteiger partial charge in [-0.2, -0.15) is 4.98 Å². The summed E-state index contributed by atoms with van der Waals surface area (Å²) in [7, 11) is 0. The second-order valence-corrected chi connectivity index (χ2v) is 9.23. The van der Waals surface area contributed by atoms with Gasteiger partial charge in [0.25, 0.3) is 0 Å². The average Bonchev–Trinajstić information content (AvgIpc) is 3.18. The van der Waals surface area contributed by atoms with Gasteiger partial charge in [-0.1, -0.05) is 47.6 Å². The predicted octanol–water partition coefficient (Wildman–Crippen LogP) is 5.12. The molecule has 3 aromatic rings. The molecule has 0 atom stereocenters. The predicted molar refractivity (Wildman–Crippen MR) is 118 cm³/mol. The molecule has 5 rings (SSSR count). The lowest BCUT2D eigenvalue weighted by molar-refractivity contribution is 0.141. The van der Waals surface area contributed by atoms with Gasteiger partial charge in [0, 0.05) is 30.9 Å². The van der Waals surface area contributed by atoms with Crippen LogP contribution in [0.2, 0.25) is 0 Å². The Labute approximate surface area is 171 Å². The summed E-state index contributed by atoms with van der Waals surface area (Å²) in [6.45, 7) is 6.96. The maximum atomic E-state index is 4.84. The highest BCUT2D eigenvalue weighted by Crippen LogP contribution is 2.33. The van der Waals surface area contributed by atoms with Crippen LogP contribution in [0.1, 0.15) is 37.7 Å². The van der Waals surface area contributed by atoms with E-state index < -0.39 is 0 Å². The van der Waals surface area contributed by atoms with Crippen molar-refractivity contribution in [3.05, 3.63) is 42.1 Å². The maximum absolute atomic E-state index is 4.84. The smallest absolute Gasteiger partial charge is 0.188 e. The van der Waals surface area contributed by atoms with Gasteiger partial charge in [-0.15, -0.1) is 0 Å². The Morgan fingerprint density at radius 3 is 2.43 bits per heavy atom. The van der Waals surface area contributed by atoms with Gasteiger partial charge in [-0.3, -0.25) is 0 Å². The minimum Gasteiger partial charge on any atom is -0.348 e. The van der Waals surface area contributed by atoms with Crippen LogP contribution in [0, 0.1) is 6.92 Å². The number of rotatable bonds is 3. The Balaban J connectivity index is 1.31. The molecule has 0 unspecified atom stereocenters. The van der Waals surface area contributed by atoms with Crippen molar-refractivity contribution >= 4 is 26.8 Å². The molecule has 0 aliphatic carbocycles. The normalized spacial score (nSPS) is 19.4. The number of hydrogen-bond donors (Lipinski definition) is 0. The summed E-state index contributed by atoms with van der Waals surface area (Å²) >= 11 is 1.79. The van der Waals surface area contributed by atoms with Gasteiger partial charge in [-0.25, -0.2) is 4.98 Å². The summed E-state index contributed by atoms with van der Waals surface area (Å²) in [6, 6.07) is 11.7. The van der Waals surface area contributed by atoms with Crippen LogP contribution >= 0.6 is 11.3 Å². The highest BCUT2D eigenvalue weighted by atomic mass is 32.1. The number of hydrogen-bond acceptors (Lipinski definition) is 5. The number of thiazole rings is 1. The zero-order valence-electron chi connectivity index (χ0n) is 16.6. The fourth-order valence-corrected chi connectivity index (χ4v) is 5.57. The summed E-state index contributed by atoms with van der Waals surface area (Å²) in [5.74, 6) is 0. The Morgan fingerprint density at radius 2 is 1.68 bits per heavy atom. The first kappa shape index (κ1) is 18.1. The summed E-state index contributed by atoms with van der Waals surface area (Å²) in [5, 5.41) is 1.14. The average molecular weight is 393 g/mol. The van der Waals surface area contributed by atoms with E-state index in [4.69, 9.17) is 4.98 Å². The van der Waals surface area contributed by atoms with Crippen molar-refractivity contribution in [3.63, 3.8) is 0 Å². The van der Waals surface area contributed by atoms with Gasteiger partial charge in [0.1, 0.15) is 0 Å². The third kappa shape index (κ3) is 3.65. The van der Waals surface area contributed by atoms with E-state index in [1.165, 1.54) is 66.6 Å². The number of pyridine rings is 1. The van der Waals surface area contributed by atoms with E-state index in [0.717, 1.165) is 29.9 Å². The molecular weight excluding hydrogens is 364 g/mol. The fourth-order valence-electron chi connectivity index (χ4n) is 4.55. The Hall–Kier alpha value is -1.98. The van der Waals surface area contributed by atoms with Crippen molar-refractivity contribution in [2.24, 2.45) is 0 Å². The van der Waals surface area contributed by atoms with E-state index in [2.05, 4.69) is 52.0 Å². The largest absolute Gasteiger partial charge is 0.348 e. The van der Waals surface area contributed by atoms with Crippen LogP contribution in [0.3, 0.4) is 0 Å². The van der Waals surface area contributed by atoms with Crippen LogP contribution in [0.4, 0.5) is 5.13 Å². The van der Waals surface area contributed by atoms with Crippen molar-refractivity contribution in [1.29, 1.82) is 0 Å². The van der Waals surface area contributed by atoms with Gasteiger partial charge in [-0.05, 0) is 57.3 Å². The van der Waals surface area contributed by atoms with E-state index >= 15 is 0 Å². The van der Waals surface area contributed by atoms with E-state index in [9.17, 15) is 0 Å². The van der Waals surface area contributed by atoms with Crippen LogP contribution in [0.5, 0.6) is 0 Å². The Bertz CT molecular complexity index is 935. The molecule has 146 valence electrons. The van der Waals surface area contributed by atoms with Crippen LogP contribution in [-0.4, -0.2) is 47.1 Å². The second kappa shape index (κ2) is 7.80. The number of nitrogens with zero attached hydrogens (tertiary/aromatic N) is 4. The quantitative estimate of drug-likeness (QED) is 0.619. The molecule has 0 radical (unpaired) electrons. The number of fused-ring (bicyclic) bond motifs is 1. The molecule has 2 aliphatic rings. The van der Waals surface area contributed by atoms with Gasteiger partial charge in [0.05, 0.1) is 4.70 Å². The summed E-state index contributed by atoms with van der Waals surface area (Å²) in [5.41, 5.74) is 4.56. The van der Waals surface area contributed by atoms with Gasteiger partial charge in [0.2, 0.25) is 0 Å². The molecule has 5 heteroatoms. The summed E-state index contributed by atoms with van der Waals surface area (Å²) in [4.78, 5) is 14.7. The molecule has 2 saturated heterocycles. The van der Waals surface area contributed by atoms with Gasteiger partial charge < -0.3 is 9.80 Å². The zero-order valence-corrected chi connectivity index (χ0v) is 17.4. The molecule has 0 N–H and O–H groups in total. The molecule has 28 heavy (non-hydrogen) atoms. The lowest BCUT2D eigenvalue weighted by Gasteiger charge is -2.40. The molecule has 2 fully saturated rings. The molecule has 4 heterocycles. The lowest BCUT2D eigenvalue weighted by Crippen LogP contribution is -2.46. The fraction of sp³-hybridized carbons (Fsp3) is 0.478. The van der Waals surface area contributed by atoms with Crippen molar-refractivity contribution in [2.45, 2.75) is 45.1 Å². The Morgan fingerprint density at radius 1 is 0.929 bits per heavy atom. The van der Waals surface area contributed by atoms with Crippen LogP contribution < -0.4 is 4.90 Å². The molecule has 0 amide bonds. The first-order valence-electron chi connectivity index (χ1n) is 10.6. The van der Waals surface area contributed by atoms with Gasteiger partial charge in [0.15, 0.2) is 10.8 Å². The van der Waals surface area contributed by atoms with E-state index in [1.807, 2.05) is 6.20 Å². The van der Waals surface area contributed by atoms with Crippen molar-refractivity contribution in [2.75, 3.05) is 31.1 Å². The summed E-state index contributed by atoms with van der Waals surface area (Å²) < 4.78 is 1.19. The van der Waals surface area contributed by atoms with E-state index in [0.29, 0.717) is 0 Å². The van der Waals surface area contributed by atoms with Crippen molar-refractivity contribution in [1.82, 2.24) is 14.9 Å². The van der Waals surface area contributed by atoms with Gasteiger partial charge >= 0.3 is 0 Å². The monoisotopic (exact) mass is 392 g/mol. The first-order chi connectivity index (χ1) is 13.8. The third-order valence-corrected chi connectivity index (χ3v) is 7.32. The van der Waals surface area contributed by atoms with E-state index in [-0.39, 0.29) is 0 Å². The zero-order chi connectivity index (χ0) is 18.9. The van der Waals surface area contributed by atoms with Crippen molar-refractivity contribution < 1.29 is 0 Å². The number of aromatic nitrogens is 2. The molecule has 0 bridgehead atoms. The van der Waals surface area contributed by atoms with E-state index in [1.54, 1.807) is 11.3 Å². The molecule has 1 aromatic carbocycles. The number of piperidine rings is 2. The minimum absolute atomic E-state index is 0.775. The van der Waals surface area contributed by atoms with Crippen LogP contribution in [0.15, 0.2) is 36.5 Å². The Kier molecular flexibility index (Phi) is 5.03. The minimum atomic E-state index is 0.775. The van der Waals surface area contributed by atoms with Crippen LogP contribution in [0.25, 0.3) is 21.5 Å². The molecule has 0 spiro atoms. The SMILES string of the molecule is Cc1ccc(-c2cnc3nc(N4CCC(N5CCCCC5)CC4)sc3c2)cc1. The standard InChI is InChI=1S/C23H28N4S/c1-17-5-7-18(8-6-17)19-15-21-22(24-16-19)25-23(28-21)27-13-9-20(10-14-27)26-11-3-2-4-12-26/h5-8,15-16,20H,2-4,9-14H2,1H3. The van der Waals surface area contributed by atoms with Crippen molar-refractivity contribution in [3.8, 4) is 11.1 Å². The highest BCUT2D eigenvalue weighted by Gasteiger charge is 2.26. The second-order valence-electron chi connectivity index (χ2n) is 8.22. The molecular formula is C23H28N4S. The van der Waals surface area contributed by atoms with Crippen LogP contribution in [-0.2, 0) is 0 Å². The number of aryl methyl sites for hydroxylation is 1. The lowest BCUT2D eigenvalue weighted by atomic mass is 10.0. The molecule has 2 aliphatic heterocycles. The first-order valence-corrected chi connectivity index (χ1v) is 11.4. The summed E-state index contributed by atoms with van der Waals surface area (Å²) in [6.07, 6.45) is 8.66. The third-order valence-electron chi connectivity index (χ3n) is 6.26. The number of likely N-dealkylation sites (tertiary alicyclic amines) is 1. The maximum Gasteiger partial charge on any atom is 0.188 e. The molecule has 0 saturated carbocycles. The molecule has 2 aromatic heterocycles. The topological polar surface area (TPSA) is 32.3 Å². The number of anilines is 1. The molecule has 4 nitrogen and oxygen atoms in total.